The highest BCUT2D eigenvalue weighted by molar-refractivity contribution is 5.69. The predicted molar refractivity (Wildman–Crippen MR) is 124 cm³/mol. The molecule has 0 aliphatic carbocycles. The number of aliphatic hydroxyl groups excluding tert-OH is 1. The molecule has 1 N–H and O–H groups in total. The average Bonchev–Trinajstić information content (AvgIpc) is 2.80. The first-order valence-corrected chi connectivity index (χ1v) is 12.2. The first kappa shape index (κ1) is 32.9. The molecule has 0 amide bonds. The van der Waals surface area contributed by atoms with Gasteiger partial charge in [-0.3, -0.25) is 28.8 Å². The van der Waals surface area contributed by atoms with Gasteiger partial charge in [0.05, 0.1) is 6.10 Å². The fourth-order valence-electron chi connectivity index (χ4n) is 4.27. The highest BCUT2D eigenvalue weighted by Crippen LogP contribution is 2.34. The van der Waals surface area contributed by atoms with Crippen LogP contribution in [0.2, 0.25) is 0 Å². The van der Waals surface area contributed by atoms with E-state index in [9.17, 15) is 33.9 Å². The van der Waals surface area contributed by atoms with Crippen molar-refractivity contribution in [3.8, 4) is 0 Å². The van der Waals surface area contributed by atoms with Crippen molar-refractivity contribution in [1.82, 2.24) is 0 Å². The third-order valence-electron chi connectivity index (χ3n) is 5.59. The van der Waals surface area contributed by atoms with Gasteiger partial charge in [0.1, 0.15) is 18.8 Å². The van der Waals surface area contributed by atoms with Gasteiger partial charge >= 0.3 is 35.8 Å². The Kier molecular flexibility index (Phi) is 11.8. The van der Waals surface area contributed by atoms with Crippen molar-refractivity contribution in [2.24, 2.45) is 0 Å². The Labute approximate surface area is 229 Å². The van der Waals surface area contributed by atoms with Crippen molar-refractivity contribution >= 4 is 35.8 Å². The zero-order valence-corrected chi connectivity index (χ0v) is 23.1. The summed E-state index contributed by atoms with van der Waals surface area (Å²) >= 11 is 0. The molecule has 2 aliphatic heterocycles. The highest BCUT2D eigenvalue weighted by atomic mass is 16.8. The van der Waals surface area contributed by atoms with E-state index in [4.69, 9.17) is 42.6 Å². The van der Waals surface area contributed by atoms with Crippen LogP contribution in [-0.4, -0.2) is 109 Å². The molecule has 0 bridgehead atoms. The molecule has 2 fully saturated rings. The van der Waals surface area contributed by atoms with Crippen molar-refractivity contribution in [2.75, 3.05) is 6.61 Å². The molecule has 10 atom stereocenters. The molecule has 2 rings (SSSR count). The first-order valence-electron chi connectivity index (χ1n) is 12.2. The lowest BCUT2D eigenvalue weighted by molar-refractivity contribution is -0.354. The second-order valence-electron chi connectivity index (χ2n) is 9.05. The van der Waals surface area contributed by atoms with E-state index in [0.717, 1.165) is 41.5 Å². The summed E-state index contributed by atoms with van der Waals surface area (Å²) in [5, 5.41) is 10.5. The molecule has 0 spiro atoms. The minimum atomic E-state index is -1.84. The second kappa shape index (κ2) is 14.3. The number of hydrogen-bond acceptors (Lipinski definition) is 16. The van der Waals surface area contributed by atoms with Gasteiger partial charge in [0, 0.05) is 41.5 Å². The molecule has 0 saturated carbocycles. The summed E-state index contributed by atoms with van der Waals surface area (Å²) in [5.74, 6) is -4.84. The number of ether oxygens (including phenoxy) is 9. The van der Waals surface area contributed by atoms with Crippen LogP contribution in [0.4, 0.5) is 0 Å². The monoisotopic (exact) mass is 578 g/mol. The van der Waals surface area contributed by atoms with Gasteiger partial charge in [-0.15, -0.1) is 0 Å². The topological polar surface area (TPSA) is 206 Å². The summed E-state index contributed by atoms with van der Waals surface area (Å²) in [6.07, 6.45) is -14.6. The van der Waals surface area contributed by atoms with Crippen LogP contribution in [0.25, 0.3) is 0 Å². The molecule has 0 aromatic heterocycles. The molecule has 16 nitrogen and oxygen atoms in total. The summed E-state index contributed by atoms with van der Waals surface area (Å²) < 4.78 is 48.9. The maximum Gasteiger partial charge on any atom is 0.303 e. The fourth-order valence-corrected chi connectivity index (χ4v) is 4.27. The Hall–Kier alpha value is -3.34. The van der Waals surface area contributed by atoms with Gasteiger partial charge in [-0.05, 0) is 6.92 Å². The summed E-state index contributed by atoms with van der Waals surface area (Å²) in [4.78, 5) is 71.0. The van der Waals surface area contributed by atoms with Crippen LogP contribution in [0.1, 0.15) is 48.5 Å². The third-order valence-corrected chi connectivity index (χ3v) is 5.59. The van der Waals surface area contributed by atoms with E-state index in [2.05, 4.69) is 0 Å². The summed E-state index contributed by atoms with van der Waals surface area (Å²) in [5.41, 5.74) is 0. The number of aliphatic hydroxyl groups is 1. The van der Waals surface area contributed by atoms with Crippen molar-refractivity contribution in [3.63, 3.8) is 0 Å². The van der Waals surface area contributed by atoms with E-state index in [1.807, 2.05) is 0 Å². The van der Waals surface area contributed by atoms with Crippen molar-refractivity contribution < 1.29 is 76.5 Å². The Balaban J connectivity index is 2.56. The predicted octanol–water partition coefficient (Wildman–Crippen LogP) is -0.945. The first-order chi connectivity index (χ1) is 18.6. The zero-order chi connectivity index (χ0) is 30.3. The Bertz CT molecular complexity index is 965. The average molecular weight is 579 g/mol. The van der Waals surface area contributed by atoms with Crippen molar-refractivity contribution in [2.45, 2.75) is 110 Å². The number of carbonyl (C=O) groups is 6. The number of rotatable bonds is 9. The van der Waals surface area contributed by atoms with Gasteiger partial charge in [0.25, 0.3) is 0 Å². The molecule has 226 valence electrons. The Morgan fingerprint density at radius 2 is 1.00 bits per heavy atom. The maximum atomic E-state index is 12.0. The van der Waals surface area contributed by atoms with Crippen LogP contribution < -0.4 is 0 Å². The number of carbonyl (C=O) groups excluding carboxylic acids is 6. The van der Waals surface area contributed by atoms with Gasteiger partial charge in [0.15, 0.2) is 43.1 Å². The van der Waals surface area contributed by atoms with Gasteiger partial charge in [-0.1, -0.05) is 0 Å². The molecule has 2 heterocycles. The molecule has 0 aromatic carbocycles. The van der Waals surface area contributed by atoms with Crippen LogP contribution in [0.3, 0.4) is 0 Å². The van der Waals surface area contributed by atoms with E-state index < -0.39 is 104 Å². The third kappa shape index (κ3) is 9.11. The fraction of sp³-hybridized carbons (Fsp3) is 0.750. The minimum Gasteiger partial charge on any atom is -0.463 e. The Morgan fingerprint density at radius 1 is 0.575 bits per heavy atom. The molecule has 0 radical (unpaired) electrons. The van der Waals surface area contributed by atoms with E-state index in [1.54, 1.807) is 0 Å². The second-order valence-corrected chi connectivity index (χ2v) is 9.05. The molecule has 40 heavy (non-hydrogen) atoms. The molecule has 16 heteroatoms. The van der Waals surface area contributed by atoms with Crippen LogP contribution >= 0.6 is 0 Å². The van der Waals surface area contributed by atoms with Crippen LogP contribution in [0.5, 0.6) is 0 Å². The van der Waals surface area contributed by atoms with Gasteiger partial charge < -0.3 is 47.7 Å². The number of esters is 6. The SMILES string of the molecule is CC(=O)OC[C@H]1O[C@H](O)[C@H](OC(C)=O)[C@@H](OC(C)=O)[C@H]1O[C@@H]1O[C@H](C)[C@H](OC(C)=O)[C@H](OC(C)=O)[C@H]1OC(C)=O. The van der Waals surface area contributed by atoms with Gasteiger partial charge in [-0.25, -0.2) is 0 Å². The standard InChI is InChI=1S/C24H34O16/c1-9-17(34-11(3)26)19(35-12(4)27)22(38-15(7)30)24(33-9)40-18-16(8-32-10(2)25)39-23(31)21(37-14(6)29)20(18)36-13(5)28/h9,16-24,31H,8H2,1-7H3/t9-,16-,17+,18+,19+,20+,21-,22-,23+,24+/m1/s1. The molecule has 2 saturated heterocycles. The highest BCUT2D eigenvalue weighted by Gasteiger charge is 2.56. The Morgan fingerprint density at radius 3 is 1.48 bits per heavy atom. The van der Waals surface area contributed by atoms with Gasteiger partial charge in [0.2, 0.25) is 0 Å². The van der Waals surface area contributed by atoms with Crippen LogP contribution in [0, 0.1) is 0 Å². The molecule has 2 aliphatic rings. The normalized spacial score (nSPS) is 33.6. The smallest absolute Gasteiger partial charge is 0.303 e. The van der Waals surface area contributed by atoms with Crippen molar-refractivity contribution in [1.29, 1.82) is 0 Å². The lowest BCUT2D eigenvalue weighted by atomic mass is 9.96. The lowest BCUT2D eigenvalue weighted by Crippen LogP contribution is -2.66. The largest absolute Gasteiger partial charge is 0.463 e. The molecule has 0 aromatic rings. The zero-order valence-electron chi connectivity index (χ0n) is 23.1. The summed E-state index contributed by atoms with van der Waals surface area (Å²) in [7, 11) is 0. The van der Waals surface area contributed by atoms with E-state index >= 15 is 0 Å². The molecular formula is C24H34O16. The maximum absolute atomic E-state index is 12.0. The van der Waals surface area contributed by atoms with E-state index in [0.29, 0.717) is 0 Å². The van der Waals surface area contributed by atoms with Crippen molar-refractivity contribution in [3.05, 3.63) is 0 Å². The molecular weight excluding hydrogens is 544 g/mol. The van der Waals surface area contributed by atoms with E-state index in [-0.39, 0.29) is 0 Å². The van der Waals surface area contributed by atoms with Gasteiger partial charge in [-0.2, -0.15) is 0 Å². The number of hydrogen-bond donors (Lipinski definition) is 1. The minimum absolute atomic E-state index is 0.522. The lowest BCUT2D eigenvalue weighted by Gasteiger charge is -2.47. The van der Waals surface area contributed by atoms with E-state index in [1.165, 1.54) is 6.92 Å². The van der Waals surface area contributed by atoms with Crippen LogP contribution in [-0.2, 0) is 71.4 Å². The van der Waals surface area contributed by atoms with Crippen LogP contribution in [0.15, 0.2) is 0 Å². The quantitative estimate of drug-likeness (QED) is 0.259. The summed E-state index contributed by atoms with van der Waals surface area (Å²) in [6.45, 7) is 7.40. The summed E-state index contributed by atoms with van der Waals surface area (Å²) in [6, 6.07) is 0. The molecule has 0 unspecified atom stereocenters.